The largest absolute Gasteiger partial charge is 0.489 e. The van der Waals surface area contributed by atoms with E-state index in [4.69, 9.17) is 14.2 Å². The second-order valence-corrected chi connectivity index (χ2v) is 8.10. The zero-order valence-corrected chi connectivity index (χ0v) is 20.1. The molecule has 0 bridgehead atoms. The lowest BCUT2D eigenvalue weighted by Gasteiger charge is -2.10. The van der Waals surface area contributed by atoms with Gasteiger partial charge < -0.3 is 19.5 Å². The number of pyridine rings is 1. The van der Waals surface area contributed by atoms with E-state index in [9.17, 15) is 9.59 Å². The number of para-hydroxylation sites is 1. The number of nitrogens with one attached hydrogen (secondary N) is 1. The summed E-state index contributed by atoms with van der Waals surface area (Å²) in [5.41, 5.74) is 2.61. The second-order valence-electron chi connectivity index (χ2n) is 8.10. The fraction of sp³-hybridized carbons (Fsp3) is 0.138. The molecule has 4 aromatic rings. The highest BCUT2D eigenvalue weighted by atomic mass is 16.5. The van der Waals surface area contributed by atoms with E-state index in [0.29, 0.717) is 29.5 Å². The third-order valence-electron chi connectivity index (χ3n) is 5.41. The van der Waals surface area contributed by atoms with Gasteiger partial charge in [-0.15, -0.1) is 0 Å². The molecule has 0 aliphatic heterocycles. The number of hydrogen-bond acceptors (Lipinski definition) is 5. The van der Waals surface area contributed by atoms with Gasteiger partial charge in [-0.05, 0) is 48.0 Å². The number of hydrogen-bond donors (Lipinski definition) is 1. The van der Waals surface area contributed by atoms with E-state index in [1.165, 1.54) is 7.11 Å². The van der Waals surface area contributed by atoms with Crippen LogP contribution in [0.4, 0.5) is 5.69 Å². The lowest BCUT2D eigenvalue weighted by Crippen LogP contribution is -2.30. The highest BCUT2D eigenvalue weighted by Gasteiger charge is 2.16. The van der Waals surface area contributed by atoms with Gasteiger partial charge >= 0.3 is 11.8 Å². The van der Waals surface area contributed by atoms with Crippen LogP contribution in [-0.2, 0) is 29.6 Å². The summed E-state index contributed by atoms with van der Waals surface area (Å²) >= 11 is 0. The Morgan fingerprint density at radius 3 is 2.22 bits per heavy atom. The molecular formula is C29H27N2O5+. The molecule has 0 fully saturated rings. The molecule has 7 heteroatoms. The SMILES string of the molecule is COC(=O)c1ccccc1NC(=O)Cc1ccc(Oc2ccc(OCc3ccccc3)cc2)[n+](C)c1. The summed E-state index contributed by atoms with van der Waals surface area (Å²) in [6.07, 6.45) is 1.97. The monoisotopic (exact) mass is 483 g/mol. The van der Waals surface area contributed by atoms with Crippen LogP contribution in [0.1, 0.15) is 21.5 Å². The number of nitrogens with zero attached hydrogens (tertiary/aromatic N) is 1. The molecule has 182 valence electrons. The molecule has 0 unspecified atom stereocenters. The number of ether oxygens (including phenoxy) is 3. The van der Waals surface area contributed by atoms with Crippen LogP contribution in [-0.4, -0.2) is 19.0 Å². The first-order chi connectivity index (χ1) is 17.5. The number of rotatable bonds is 9. The smallest absolute Gasteiger partial charge is 0.373 e. The molecule has 0 saturated heterocycles. The Bertz CT molecular complexity index is 1340. The normalized spacial score (nSPS) is 10.4. The van der Waals surface area contributed by atoms with Gasteiger partial charge in [0.25, 0.3) is 0 Å². The number of carbonyl (C=O) groups excluding carboxylic acids is 2. The van der Waals surface area contributed by atoms with E-state index >= 15 is 0 Å². The molecule has 0 saturated carbocycles. The standard InChI is InChI=1S/C29H26N2O5/c1-31-19-22(18-27(32)30-26-11-7-6-10-25(26)29(33)34-2)12-17-28(31)36-24-15-13-23(14-16-24)35-20-21-8-4-3-5-9-21/h3-17,19H,18,20H2,1-2H3/p+1. The Morgan fingerprint density at radius 1 is 0.806 bits per heavy atom. The third-order valence-corrected chi connectivity index (χ3v) is 5.41. The molecule has 3 aromatic carbocycles. The Kier molecular flexibility index (Phi) is 7.93. The van der Waals surface area contributed by atoms with E-state index in [2.05, 4.69) is 5.32 Å². The Hall–Kier alpha value is -4.65. The maximum Gasteiger partial charge on any atom is 0.373 e. The van der Waals surface area contributed by atoms with E-state index in [1.807, 2.05) is 84.5 Å². The van der Waals surface area contributed by atoms with Crippen LogP contribution in [0.2, 0.25) is 0 Å². The van der Waals surface area contributed by atoms with Gasteiger partial charge in [-0.2, -0.15) is 4.57 Å². The van der Waals surface area contributed by atoms with Gasteiger partial charge in [0.05, 0.1) is 30.8 Å². The Morgan fingerprint density at radius 2 is 1.50 bits per heavy atom. The average Bonchev–Trinajstić information content (AvgIpc) is 2.90. The lowest BCUT2D eigenvalue weighted by molar-refractivity contribution is -0.676. The van der Waals surface area contributed by atoms with Crippen molar-refractivity contribution in [2.45, 2.75) is 13.0 Å². The molecule has 0 spiro atoms. The van der Waals surface area contributed by atoms with Gasteiger partial charge in [0.15, 0.2) is 6.20 Å². The molecule has 36 heavy (non-hydrogen) atoms. The summed E-state index contributed by atoms with van der Waals surface area (Å²) in [5, 5.41) is 2.78. The van der Waals surface area contributed by atoms with Crippen LogP contribution in [0.5, 0.6) is 17.4 Å². The van der Waals surface area contributed by atoms with Gasteiger partial charge in [0.2, 0.25) is 5.91 Å². The number of benzene rings is 3. The number of methoxy groups -OCH3 is 1. The van der Waals surface area contributed by atoms with Crippen molar-refractivity contribution >= 4 is 17.6 Å². The molecule has 0 radical (unpaired) electrons. The molecule has 0 atom stereocenters. The molecule has 4 rings (SSSR count). The van der Waals surface area contributed by atoms with Crippen molar-refractivity contribution in [3.63, 3.8) is 0 Å². The van der Waals surface area contributed by atoms with Crippen molar-refractivity contribution in [2.24, 2.45) is 7.05 Å². The van der Waals surface area contributed by atoms with Crippen molar-refractivity contribution in [2.75, 3.05) is 12.4 Å². The van der Waals surface area contributed by atoms with Crippen LogP contribution < -0.4 is 19.4 Å². The Labute approximate surface area is 209 Å². The summed E-state index contributed by atoms with van der Waals surface area (Å²) in [6, 6.07) is 27.8. The predicted octanol–water partition coefficient (Wildman–Crippen LogP) is 4.85. The first kappa shape index (κ1) is 24.5. The summed E-state index contributed by atoms with van der Waals surface area (Å²) in [4.78, 5) is 24.5. The quantitative estimate of drug-likeness (QED) is 0.272. The van der Waals surface area contributed by atoms with Gasteiger partial charge in [0.1, 0.15) is 25.2 Å². The maximum absolute atomic E-state index is 12.6. The van der Waals surface area contributed by atoms with Crippen LogP contribution in [0.3, 0.4) is 0 Å². The topological polar surface area (TPSA) is 77.7 Å². The number of aromatic nitrogens is 1. The van der Waals surface area contributed by atoms with E-state index < -0.39 is 5.97 Å². The van der Waals surface area contributed by atoms with Crippen LogP contribution in [0.15, 0.2) is 97.2 Å². The van der Waals surface area contributed by atoms with Crippen molar-refractivity contribution in [1.29, 1.82) is 0 Å². The van der Waals surface area contributed by atoms with Gasteiger partial charge in [-0.1, -0.05) is 42.5 Å². The number of carbonyl (C=O) groups is 2. The van der Waals surface area contributed by atoms with Gasteiger partial charge in [-0.3, -0.25) is 4.79 Å². The molecule has 0 aliphatic rings. The molecule has 1 N–H and O–H groups in total. The van der Waals surface area contributed by atoms with Crippen molar-refractivity contribution in [3.8, 4) is 17.4 Å². The molecule has 1 heterocycles. The lowest BCUT2D eigenvalue weighted by atomic mass is 10.1. The van der Waals surface area contributed by atoms with Crippen molar-refractivity contribution in [1.82, 2.24) is 0 Å². The zero-order valence-electron chi connectivity index (χ0n) is 20.1. The highest BCUT2D eigenvalue weighted by molar-refractivity contribution is 6.01. The van der Waals surface area contributed by atoms with Gasteiger partial charge in [-0.25, -0.2) is 4.79 Å². The van der Waals surface area contributed by atoms with Gasteiger partial charge in [0, 0.05) is 5.56 Å². The van der Waals surface area contributed by atoms with E-state index in [-0.39, 0.29) is 12.3 Å². The number of amides is 1. The fourth-order valence-corrected chi connectivity index (χ4v) is 3.59. The maximum atomic E-state index is 12.6. The first-order valence-electron chi connectivity index (χ1n) is 11.4. The van der Waals surface area contributed by atoms with Crippen LogP contribution in [0.25, 0.3) is 0 Å². The van der Waals surface area contributed by atoms with Crippen molar-refractivity contribution < 1.29 is 28.4 Å². The number of esters is 1. The zero-order chi connectivity index (χ0) is 25.3. The molecule has 7 nitrogen and oxygen atoms in total. The van der Waals surface area contributed by atoms with Crippen molar-refractivity contribution in [3.05, 3.63) is 114 Å². The summed E-state index contributed by atoms with van der Waals surface area (Å²) in [6.45, 7) is 0.499. The number of anilines is 1. The minimum absolute atomic E-state index is 0.136. The minimum atomic E-state index is -0.505. The van der Waals surface area contributed by atoms with Crippen LogP contribution >= 0.6 is 0 Å². The second kappa shape index (κ2) is 11.7. The summed E-state index contributed by atoms with van der Waals surface area (Å²) in [5.74, 6) is 1.29. The fourth-order valence-electron chi connectivity index (χ4n) is 3.59. The van der Waals surface area contributed by atoms with E-state index in [1.54, 1.807) is 24.3 Å². The number of aryl methyl sites for hydroxylation is 1. The minimum Gasteiger partial charge on any atom is -0.489 e. The van der Waals surface area contributed by atoms with E-state index in [0.717, 1.165) is 16.9 Å². The third kappa shape index (κ3) is 6.48. The van der Waals surface area contributed by atoms with Crippen LogP contribution in [0, 0.1) is 0 Å². The first-order valence-corrected chi connectivity index (χ1v) is 11.4. The average molecular weight is 484 g/mol. The molecule has 1 amide bonds. The molecule has 0 aliphatic carbocycles. The predicted molar refractivity (Wildman–Crippen MR) is 135 cm³/mol. The molecule has 1 aromatic heterocycles. The summed E-state index contributed by atoms with van der Waals surface area (Å²) in [7, 11) is 3.15. The Balaban J connectivity index is 1.34. The highest BCUT2D eigenvalue weighted by Crippen LogP contribution is 2.23. The summed E-state index contributed by atoms with van der Waals surface area (Å²) < 4.78 is 18.4. The molecular weight excluding hydrogens is 456 g/mol.